The van der Waals surface area contributed by atoms with Gasteiger partial charge in [-0.2, -0.15) is 0 Å². The maximum absolute atomic E-state index is 11.9. The number of carbonyl (C=O) groups excluding carboxylic acids is 1. The van der Waals surface area contributed by atoms with Crippen molar-refractivity contribution in [1.82, 2.24) is 5.32 Å². The summed E-state index contributed by atoms with van der Waals surface area (Å²) in [5.41, 5.74) is 6.45. The van der Waals surface area contributed by atoms with Crippen LogP contribution in [0.4, 0.5) is 0 Å². The molecule has 5 heteroatoms. The first-order valence-electron chi connectivity index (χ1n) is 6.87. The minimum Gasteiger partial charge on any atom is -0.480 e. The smallest absolute Gasteiger partial charge is 0.320 e. The summed E-state index contributed by atoms with van der Waals surface area (Å²) < 4.78 is 0. The summed E-state index contributed by atoms with van der Waals surface area (Å²) in [6.45, 7) is 2.06. The first kappa shape index (κ1) is 16.2. The molecule has 1 rings (SSSR count). The second-order valence-electron chi connectivity index (χ2n) is 4.80. The second-order valence-corrected chi connectivity index (χ2v) is 4.80. The van der Waals surface area contributed by atoms with Gasteiger partial charge in [-0.1, -0.05) is 43.7 Å². The number of amides is 1. The van der Waals surface area contributed by atoms with Crippen LogP contribution in [0.25, 0.3) is 0 Å². The average Bonchev–Trinajstić information content (AvgIpc) is 2.45. The Kier molecular flexibility index (Phi) is 6.73. The number of carboxylic acids is 1. The van der Waals surface area contributed by atoms with Gasteiger partial charge in [0.05, 0.1) is 6.04 Å². The van der Waals surface area contributed by atoms with Crippen LogP contribution in [0.5, 0.6) is 0 Å². The van der Waals surface area contributed by atoms with Crippen molar-refractivity contribution >= 4 is 11.9 Å². The van der Waals surface area contributed by atoms with Crippen molar-refractivity contribution < 1.29 is 14.7 Å². The van der Waals surface area contributed by atoms with E-state index in [0.29, 0.717) is 0 Å². The topological polar surface area (TPSA) is 92.4 Å². The summed E-state index contributed by atoms with van der Waals surface area (Å²) in [5, 5.41) is 11.6. The fourth-order valence-corrected chi connectivity index (χ4v) is 1.97. The fourth-order valence-electron chi connectivity index (χ4n) is 1.97. The first-order chi connectivity index (χ1) is 9.54. The monoisotopic (exact) mass is 278 g/mol. The number of carbonyl (C=O) groups is 2. The number of hydrogen-bond donors (Lipinski definition) is 3. The molecule has 1 aromatic carbocycles. The largest absolute Gasteiger partial charge is 0.480 e. The van der Waals surface area contributed by atoms with Gasteiger partial charge < -0.3 is 16.2 Å². The zero-order valence-corrected chi connectivity index (χ0v) is 11.7. The van der Waals surface area contributed by atoms with E-state index in [0.717, 1.165) is 18.4 Å². The molecule has 0 radical (unpaired) electrons. The first-order valence-corrected chi connectivity index (χ1v) is 6.87. The number of rotatable bonds is 8. The summed E-state index contributed by atoms with van der Waals surface area (Å²) >= 11 is 0. The number of hydrogen-bond acceptors (Lipinski definition) is 3. The van der Waals surface area contributed by atoms with Crippen LogP contribution in [0, 0.1) is 0 Å². The molecule has 0 spiro atoms. The van der Waals surface area contributed by atoms with Gasteiger partial charge in [-0.3, -0.25) is 9.59 Å². The van der Waals surface area contributed by atoms with Gasteiger partial charge in [0.25, 0.3) is 0 Å². The van der Waals surface area contributed by atoms with Crippen molar-refractivity contribution in [3.05, 3.63) is 35.9 Å². The van der Waals surface area contributed by atoms with E-state index in [2.05, 4.69) is 12.2 Å². The Bertz CT molecular complexity index is 434. The SMILES string of the molecule is CCCC(NC(=O)CC[C@H](N)C(=O)O)c1ccccc1. The number of nitrogens with one attached hydrogen (secondary N) is 1. The molecule has 1 aromatic rings. The molecule has 0 aliphatic rings. The Labute approximate surface area is 119 Å². The number of carboxylic acid groups (broad SMARTS) is 1. The molecule has 0 aromatic heterocycles. The molecular weight excluding hydrogens is 256 g/mol. The van der Waals surface area contributed by atoms with Crippen molar-refractivity contribution in [2.75, 3.05) is 0 Å². The highest BCUT2D eigenvalue weighted by atomic mass is 16.4. The van der Waals surface area contributed by atoms with E-state index in [1.54, 1.807) is 0 Å². The predicted octanol–water partition coefficient (Wildman–Crippen LogP) is 1.84. The normalized spacial score (nSPS) is 13.5. The van der Waals surface area contributed by atoms with E-state index in [4.69, 9.17) is 10.8 Å². The van der Waals surface area contributed by atoms with Crippen LogP contribution in [-0.4, -0.2) is 23.0 Å². The van der Waals surface area contributed by atoms with Crippen LogP contribution >= 0.6 is 0 Å². The Morgan fingerprint density at radius 1 is 1.25 bits per heavy atom. The summed E-state index contributed by atoms with van der Waals surface area (Å²) in [6.07, 6.45) is 2.07. The minimum atomic E-state index is -1.08. The van der Waals surface area contributed by atoms with E-state index in [9.17, 15) is 9.59 Å². The second kappa shape index (κ2) is 8.32. The molecule has 1 unspecified atom stereocenters. The molecule has 2 atom stereocenters. The zero-order chi connectivity index (χ0) is 15.0. The van der Waals surface area contributed by atoms with Gasteiger partial charge in [0.2, 0.25) is 5.91 Å². The molecule has 5 nitrogen and oxygen atoms in total. The van der Waals surface area contributed by atoms with Gasteiger partial charge in [-0.15, -0.1) is 0 Å². The van der Waals surface area contributed by atoms with Gasteiger partial charge in [0.1, 0.15) is 6.04 Å². The maximum atomic E-state index is 11.9. The molecule has 0 saturated carbocycles. The number of nitrogens with two attached hydrogens (primary N) is 1. The summed E-state index contributed by atoms with van der Waals surface area (Å²) in [6, 6.07) is 8.74. The lowest BCUT2D eigenvalue weighted by Crippen LogP contribution is -2.34. The van der Waals surface area contributed by atoms with E-state index in [1.165, 1.54) is 0 Å². The Balaban J connectivity index is 2.54. The highest BCUT2D eigenvalue weighted by Crippen LogP contribution is 2.18. The number of aliphatic carboxylic acids is 1. The molecular formula is C15H22N2O3. The molecule has 20 heavy (non-hydrogen) atoms. The van der Waals surface area contributed by atoms with Crippen LogP contribution in [0.2, 0.25) is 0 Å². The molecule has 0 heterocycles. The van der Waals surface area contributed by atoms with Crippen LogP contribution in [-0.2, 0) is 9.59 Å². The third-order valence-electron chi connectivity index (χ3n) is 3.11. The molecule has 0 fully saturated rings. The van der Waals surface area contributed by atoms with E-state index < -0.39 is 12.0 Å². The van der Waals surface area contributed by atoms with Crippen molar-refractivity contribution in [2.45, 2.75) is 44.7 Å². The standard InChI is InChI=1S/C15H22N2O3/c1-2-6-13(11-7-4-3-5-8-11)17-14(18)10-9-12(16)15(19)20/h3-5,7-8,12-13H,2,6,9-10,16H2,1H3,(H,17,18)(H,19,20)/t12-,13?/m0/s1. The maximum Gasteiger partial charge on any atom is 0.320 e. The van der Waals surface area contributed by atoms with Crippen molar-refractivity contribution in [3.63, 3.8) is 0 Å². The molecule has 4 N–H and O–H groups in total. The van der Waals surface area contributed by atoms with Gasteiger partial charge in [-0.05, 0) is 18.4 Å². The molecule has 0 saturated heterocycles. The third-order valence-corrected chi connectivity index (χ3v) is 3.11. The van der Waals surface area contributed by atoms with E-state index in [1.807, 2.05) is 30.3 Å². The average molecular weight is 278 g/mol. The van der Waals surface area contributed by atoms with Crippen molar-refractivity contribution in [1.29, 1.82) is 0 Å². The summed E-state index contributed by atoms with van der Waals surface area (Å²) in [5.74, 6) is -1.24. The predicted molar refractivity (Wildman–Crippen MR) is 77.1 cm³/mol. The van der Waals surface area contributed by atoms with Crippen molar-refractivity contribution in [2.24, 2.45) is 5.73 Å². The van der Waals surface area contributed by atoms with Gasteiger partial charge in [0, 0.05) is 6.42 Å². The van der Waals surface area contributed by atoms with E-state index in [-0.39, 0.29) is 24.8 Å². The fraction of sp³-hybridized carbons (Fsp3) is 0.467. The summed E-state index contributed by atoms with van der Waals surface area (Å²) in [4.78, 5) is 22.5. The minimum absolute atomic E-state index is 0.0326. The lowest BCUT2D eigenvalue weighted by atomic mass is 10.0. The molecule has 1 amide bonds. The van der Waals surface area contributed by atoms with Gasteiger partial charge in [-0.25, -0.2) is 0 Å². The lowest BCUT2D eigenvalue weighted by Gasteiger charge is -2.19. The van der Waals surface area contributed by atoms with Crippen LogP contribution in [0.3, 0.4) is 0 Å². The lowest BCUT2D eigenvalue weighted by molar-refractivity contribution is -0.138. The summed E-state index contributed by atoms with van der Waals surface area (Å²) in [7, 11) is 0. The van der Waals surface area contributed by atoms with E-state index >= 15 is 0 Å². The van der Waals surface area contributed by atoms with Gasteiger partial charge >= 0.3 is 5.97 Å². The quantitative estimate of drug-likeness (QED) is 0.676. The third kappa shape index (κ3) is 5.40. The van der Waals surface area contributed by atoms with Crippen LogP contribution in [0.1, 0.15) is 44.2 Å². The Hall–Kier alpha value is -1.88. The zero-order valence-electron chi connectivity index (χ0n) is 11.7. The Morgan fingerprint density at radius 2 is 1.90 bits per heavy atom. The van der Waals surface area contributed by atoms with Crippen molar-refractivity contribution in [3.8, 4) is 0 Å². The highest BCUT2D eigenvalue weighted by Gasteiger charge is 2.16. The molecule has 110 valence electrons. The van der Waals surface area contributed by atoms with Gasteiger partial charge in [0.15, 0.2) is 0 Å². The molecule has 0 aliphatic heterocycles. The van der Waals surface area contributed by atoms with Crippen LogP contribution in [0.15, 0.2) is 30.3 Å². The number of benzene rings is 1. The molecule has 0 bridgehead atoms. The van der Waals surface area contributed by atoms with Crippen LogP contribution < -0.4 is 11.1 Å². The molecule has 0 aliphatic carbocycles. The highest BCUT2D eigenvalue weighted by molar-refractivity contribution is 5.78. The Morgan fingerprint density at radius 3 is 2.45 bits per heavy atom.